The van der Waals surface area contributed by atoms with E-state index in [1.165, 1.54) is 6.92 Å². The lowest BCUT2D eigenvalue weighted by molar-refractivity contribution is -0.135. The highest BCUT2D eigenvalue weighted by molar-refractivity contribution is 7.87. The summed E-state index contributed by atoms with van der Waals surface area (Å²) in [6.45, 7) is 6.12. The first-order valence-corrected chi connectivity index (χ1v) is 9.75. The van der Waals surface area contributed by atoms with E-state index in [2.05, 4.69) is 6.92 Å². The van der Waals surface area contributed by atoms with Gasteiger partial charge in [-0.15, -0.1) is 0 Å². The summed E-state index contributed by atoms with van der Waals surface area (Å²) < 4.78 is 28.2. The monoisotopic (exact) mass is 339 g/mol. The molecular formula is C17H25NO4S. The maximum absolute atomic E-state index is 12.5. The molecule has 0 heterocycles. The lowest BCUT2D eigenvalue weighted by atomic mass is 10.1. The summed E-state index contributed by atoms with van der Waals surface area (Å²) in [4.78, 5) is 14.4. The van der Waals surface area contributed by atoms with E-state index < -0.39 is 10.1 Å². The van der Waals surface area contributed by atoms with Crippen molar-refractivity contribution < 1.29 is 17.4 Å². The van der Waals surface area contributed by atoms with Crippen molar-refractivity contribution in [3.63, 3.8) is 0 Å². The van der Waals surface area contributed by atoms with E-state index in [9.17, 15) is 13.2 Å². The Morgan fingerprint density at radius 1 is 1.35 bits per heavy atom. The van der Waals surface area contributed by atoms with Gasteiger partial charge in [0.2, 0.25) is 5.91 Å². The predicted molar refractivity (Wildman–Crippen MR) is 89.6 cm³/mol. The molecule has 2 rings (SSSR count). The summed E-state index contributed by atoms with van der Waals surface area (Å²) in [5.74, 6) is 0.596. The fourth-order valence-corrected chi connectivity index (χ4v) is 2.85. The summed E-state index contributed by atoms with van der Waals surface area (Å²) in [6.07, 6.45) is 2.84. The molecule has 0 N–H and O–H groups in total. The molecule has 0 radical (unpaired) electrons. The fourth-order valence-electron chi connectivity index (χ4n) is 2.33. The van der Waals surface area contributed by atoms with E-state index in [1.54, 1.807) is 18.2 Å². The number of amides is 1. The zero-order valence-electron chi connectivity index (χ0n) is 14.0. The predicted octanol–water partition coefficient (Wildman–Crippen LogP) is 2.95. The first kappa shape index (κ1) is 17.8. The molecule has 23 heavy (non-hydrogen) atoms. The summed E-state index contributed by atoms with van der Waals surface area (Å²) in [5, 5.41) is 0. The number of benzene rings is 1. The fraction of sp³-hybridized carbons (Fsp3) is 0.588. The Bertz CT molecular complexity index is 652. The van der Waals surface area contributed by atoms with Gasteiger partial charge in [0, 0.05) is 18.5 Å². The standard InChI is InChI=1S/C17H25NO4S/c1-4-13(3)18(17(19)15-9-10-15)12-14-7-6-8-16(11-14)22-23(20,21)5-2/h6-8,11,13,15H,4-5,9-10,12H2,1-3H3. The quantitative estimate of drug-likeness (QED) is 0.683. The maximum atomic E-state index is 12.5. The summed E-state index contributed by atoms with van der Waals surface area (Å²) >= 11 is 0. The zero-order chi connectivity index (χ0) is 17.0. The van der Waals surface area contributed by atoms with E-state index in [0.29, 0.717) is 12.3 Å². The number of carbonyl (C=O) groups is 1. The van der Waals surface area contributed by atoms with Gasteiger partial charge in [0.15, 0.2) is 0 Å². The normalized spacial score (nSPS) is 16.0. The molecule has 5 nitrogen and oxygen atoms in total. The average molecular weight is 339 g/mol. The SMILES string of the molecule is CCC(C)N(Cc1cccc(OS(=O)(=O)CC)c1)C(=O)C1CC1. The molecule has 0 aromatic heterocycles. The van der Waals surface area contributed by atoms with Crippen LogP contribution >= 0.6 is 0 Å². The number of nitrogens with zero attached hydrogens (tertiary/aromatic N) is 1. The van der Waals surface area contributed by atoms with Crippen LogP contribution in [0.2, 0.25) is 0 Å². The number of rotatable bonds is 8. The van der Waals surface area contributed by atoms with Crippen LogP contribution in [-0.2, 0) is 21.5 Å². The third-order valence-electron chi connectivity index (χ3n) is 4.16. The van der Waals surface area contributed by atoms with Crippen LogP contribution in [0.25, 0.3) is 0 Å². The van der Waals surface area contributed by atoms with Gasteiger partial charge in [-0.05, 0) is 50.8 Å². The Morgan fingerprint density at radius 3 is 2.61 bits per heavy atom. The molecule has 128 valence electrons. The molecule has 1 amide bonds. The van der Waals surface area contributed by atoms with Gasteiger partial charge in [0.25, 0.3) is 0 Å². The first-order valence-electron chi connectivity index (χ1n) is 8.17. The van der Waals surface area contributed by atoms with Crippen molar-refractivity contribution in [1.29, 1.82) is 0 Å². The lowest BCUT2D eigenvalue weighted by Crippen LogP contribution is -2.38. The molecule has 0 bridgehead atoms. The van der Waals surface area contributed by atoms with Gasteiger partial charge >= 0.3 is 10.1 Å². The van der Waals surface area contributed by atoms with Crippen LogP contribution < -0.4 is 4.18 Å². The molecule has 0 spiro atoms. The molecule has 1 aliphatic carbocycles. The first-order chi connectivity index (χ1) is 10.9. The number of hydrogen-bond acceptors (Lipinski definition) is 4. The zero-order valence-corrected chi connectivity index (χ0v) is 14.8. The van der Waals surface area contributed by atoms with Crippen LogP contribution in [0.3, 0.4) is 0 Å². The van der Waals surface area contributed by atoms with Crippen molar-refractivity contribution in [1.82, 2.24) is 4.90 Å². The molecule has 1 aromatic rings. The van der Waals surface area contributed by atoms with Crippen LogP contribution in [-0.4, -0.2) is 31.0 Å². The van der Waals surface area contributed by atoms with Gasteiger partial charge in [-0.1, -0.05) is 19.1 Å². The molecule has 0 aliphatic heterocycles. The van der Waals surface area contributed by atoms with Crippen LogP contribution in [0.15, 0.2) is 24.3 Å². The van der Waals surface area contributed by atoms with Gasteiger partial charge in [0.05, 0.1) is 5.75 Å². The molecule has 0 saturated heterocycles. The van der Waals surface area contributed by atoms with Crippen molar-refractivity contribution >= 4 is 16.0 Å². The second-order valence-electron chi connectivity index (χ2n) is 6.07. The Morgan fingerprint density at radius 2 is 2.04 bits per heavy atom. The van der Waals surface area contributed by atoms with Crippen LogP contribution in [0.1, 0.15) is 45.6 Å². The molecule has 1 atom stereocenters. The van der Waals surface area contributed by atoms with Crippen LogP contribution in [0.5, 0.6) is 5.75 Å². The summed E-state index contributed by atoms with van der Waals surface area (Å²) in [6, 6.07) is 7.12. The topological polar surface area (TPSA) is 63.7 Å². The Kier molecular flexibility index (Phi) is 5.68. The molecule has 1 aromatic carbocycles. The third kappa shape index (κ3) is 4.96. The highest BCUT2D eigenvalue weighted by Gasteiger charge is 2.34. The number of hydrogen-bond donors (Lipinski definition) is 0. The highest BCUT2D eigenvalue weighted by Crippen LogP contribution is 2.32. The van der Waals surface area contributed by atoms with Gasteiger partial charge < -0.3 is 9.08 Å². The minimum absolute atomic E-state index is 0.0730. The lowest BCUT2D eigenvalue weighted by Gasteiger charge is -2.29. The number of carbonyl (C=O) groups excluding carboxylic acids is 1. The Hall–Kier alpha value is -1.56. The molecule has 1 aliphatic rings. The van der Waals surface area contributed by atoms with E-state index in [0.717, 1.165) is 24.8 Å². The second kappa shape index (κ2) is 7.34. The molecule has 1 unspecified atom stereocenters. The third-order valence-corrected chi connectivity index (χ3v) is 5.31. The average Bonchev–Trinajstić information content (AvgIpc) is 3.36. The minimum atomic E-state index is -3.54. The molecule has 1 saturated carbocycles. The van der Waals surface area contributed by atoms with Gasteiger partial charge in [0.1, 0.15) is 5.75 Å². The van der Waals surface area contributed by atoms with Crippen molar-refractivity contribution in [3.8, 4) is 5.75 Å². The minimum Gasteiger partial charge on any atom is -0.382 e. The Labute approximate surface area is 138 Å². The smallest absolute Gasteiger partial charge is 0.308 e. The van der Waals surface area contributed by atoms with Gasteiger partial charge in [-0.3, -0.25) is 4.79 Å². The molecular weight excluding hydrogens is 314 g/mol. The van der Waals surface area contributed by atoms with E-state index in [4.69, 9.17) is 4.18 Å². The van der Waals surface area contributed by atoms with Gasteiger partial charge in [-0.25, -0.2) is 0 Å². The van der Waals surface area contributed by atoms with Crippen molar-refractivity contribution in [2.45, 2.75) is 52.6 Å². The van der Waals surface area contributed by atoms with Gasteiger partial charge in [-0.2, -0.15) is 8.42 Å². The van der Waals surface area contributed by atoms with Crippen molar-refractivity contribution in [3.05, 3.63) is 29.8 Å². The van der Waals surface area contributed by atoms with Crippen molar-refractivity contribution in [2.24, 2.45) is 5.92 Å². The van der Waals surface area contributed by atoms with E-state index in [1.807, 2.05) is 17.9 Å². The second-order valence-corrected chi connectivity index (χ2v) is 7.93. The summed E-state index contributed by atoms with van der Waals surface area (Å²) in [7, 11) is -3.54. The van der Waals surface area contributed by atoms with Crippen LogP contribution in [0.4, 0.5) is 0 Å². The van der Waals surface area contributed by atoms with E-state index in [-0.39, 0.29) is 23.6 Å². The highest BCUT2D eigenvalue weighted by atomic mass is 32.2. The largest absolute Gasteiger partial charge is 0.382 e. The Balaban J connectivity index is 2.14. The molecule has 6 heteroatoms. The maximum Gasteiger partial charge on any atom is 0.308 e. The van der Waals surface area contributed by atoms with Crippen molar-refractivity contribution in [2.75, 3.05) is 5.75 Å². The van der Waals surface area contributed by atoms with E-state index >= 15 is 0 Å². The molecule has 1 fully saturated rings. The summed E-state index contributed by atoms with van der Waals surface area (Å²) in [5.41, 5.74) is 0.878. The van der Waals surface area contributed by atoms with Crippen LogP contribution in [0, 0.1) is 5.92 Å².